The molecule has 114 valence electrons. The average molecular weight is 304 g/mol. The fourth-order valence-corrected chi connectivity index (χ4v) is 2.16. The number of aromatic nitrogens is 2. The van der Waals surface area contributed by atoms with Crippen LogP contribution in [0.25, 0.3) is 0 Å². The van der Waals surface area contributed by atoms with Gasteiger partial charge in [-0.3, -0.25) is 4.79 Å². The van der Waals surface area contributed by atoms with E-state index in [-0.39, 0.29) is 5.91 Å². The van der Waals surface area contributed by atoms with Gasteiger partial charge in [0.1, 0.15) is 0 Å². The van der Waals surface area contributed by atoms with Crippen LogP contribution in [0.1, 0.15) is 15.9 Å². The van der Waals surface area contributed by atoms with Gasteiger partial charge in [-0.1, -0.05) is 18.2 Å². The van der Waals surface area contributed by atoms with Gasteiger partial charge in [0.05, 0.1) is 0 Å². The van der Waals surface area contributed by atoms with E-state index in [4.69, 9.17) is 0 Å². The molecule has 5 nitrogen and oxygen atoms in total. The number of nitrogens with one attached hydrogen (secondary N) is 2. The maximum atomic E-state index is 12.4. The van der Waals surface area contributed by atoms with Gasteiger partial charge in [-0.25, -0.2) is 9.97 Å². The van der Waals surface area contributed by atoms with Gasteiger partial charge in [-0.05, 0) is 48.9 Å². The molecule has 0 aliphatic carbocycles. The quantitative estimate of drug-likeness (QED) is 0.769. The van der Waals surface area contributed by atoms with Crippen molar-refractivity contribution in [1.29, 1.82) is 0 Å². The highest BCUT2D eigenvalue weighted by molar-refractivity contribution is 6.04. The highest BCUT2D eigenvalue weighted by Gasteiger charge is 2.07. The lowest BCUT2D eigenvalue weighted by Gasteiger charge is -2.08. The van der Waals surface area contributed by atoms with E-state index in [1.807, 2.05) is 43.3 Å². The molecule has 0 spiro atoms. The van der Waals surface area contributed by atoms with Crippen molar-refractivity contribution in [2.24, 2.45) is 0 Å². The molecule has 0 saturated heterocycles. The van der Waals surface area contributed by atoms with Gasteiger partial charge in [0, 0.05) is 29.3 Å². The van der Waals surface area contributed by atoms with Gasteiger partial charge in [0.25, 0.3) is 5.91 Å². The molecule has 0 bridgehead atoms. The van der Waals surface area contributed by atoms with Crippen molar-refractivity contribution >= 4 is 23.2 Å². The van der Waals surface area contributed by atoms with Crippen molar-refractivity contribution in [1.82, 2.24) is 9.97 Å². The van der Waals surface area contributed by atoms with E-state index in [9.17, 15) is 4.79 Å². The second-order valence-electron chi connectivity index (χ2n) is 5.10. The minimum Gasteiger partial charge on any atom is -0.324 e. The summed E-state index contributed by atoms with van der Waals surface area (Å²) in [5.74, 6) is 0.331. The maximum absolute atomic E-state index is 12.4. The van der Waals surface area contributed by atoms with Crippen LogP contribution in [0.4, 0.5) is 17.3 Å². The van der Waals surface area contributed by atoms with E-state index < -0.39 is 0 Å². The number of carbonyl (C=O) groups excluding carboxylic acids is 1. The van der Waals surface area contributed by atoms with E-state index in [1.165, 1.54) is 0 Å². The first-order valence-corrected chi connectivity index (χ1v) is 7.23. The van der Waals surface area contributed by atoms with E-state index in [0.717, 1.165) is 16.9 Å². The number of rotatable bonds is 4. The molecule has 0 fully saturated rings. The van der Waals surface area contributed by atoms with Crippen LogP contribution in [0.5, 0.6) is 0 Å². The zero-order chi connectivity index (χ0) is 16.1. The van der Waals surface area contributed by atoms with Crippen LogP contribution in [-0.4, -0.2) is 15.9 Å². The molecule has 3 rings (SSSR count). The number of nitrogens with zero attached hydrogens (tertiary/aromatic N) is 2. The topological polar surface area (TPSA) is 66.9 Å². The number of carbonyl (C=O) groups is 1. The predicted molar refractivity (Wildman–Crippen MR) is 90.9 cm³/mol. The fourth-order valence-electron chi connectivity index (χ4n) is 2.16. The molecule has 1 aromatic heterocycles. The van der Waals surface area contributed by atoms with Crippen LogP contribution >= 0.6 is 0 Å². The van der Waals surface area contributed by atoms with Crippen molar-refractivity contribution in [3.8, 4) is 0 Å². The van der Waals surface area contributed by atoms with E-state index >= 15 is 0 Å². The predicted octanol–water partition coefficient (Wildman–Crippen LogP) is 3.78. The van der Waals surface area contributed by atoms with Crippen LogP contribution in [0.15, 0.2) is 67.0 Å². The third-order valence-corrected chi connectivity index (χ3v) is 3.22. The third kappa shape index (κ3) is 3.91. The number of hydrogen-bond donors (Lipinski definition) is 2. The second kappa shape index (κ2) is 6.70. The van der Waals surface area contributed by atoms with Gasteiger partial charge in [0.2, 0.25) is 5.95 Å². The van der Waals surface area contributed by atoms with Crippen molar-refractivity contribution < 1.29 is 4.79 Å². The highest BCUT2D eigenvalue weighted by atomic mass is 16.1. The lowest BCUT2D eigenvalue weighted by atomic mass is 10.1. The molecule has 3 aromatic rings. The summed E-state index contributed by atoms with van der Waals surface area (Å²) in [6.45, 7) is 1.99. The minimum atomic E-state index is -0.159. The molecule has 0 saturated carbocycles. The molecular weight excluding hydrogens is 288 g/mol. The van der Waals surface area contributed by atoms with Crippen LogP contribution in [0.2, 0.25) is 0 Å². The zero-order valence-corrected chi connectivity index (χ0v) is 12.7. The number of anilines is 3. The third-order valence-electron chi connectivity index (χ3n) is 3.22. The largest absolute Gasteiger partial charge is 0.324 e. The summed E-state index contributed by atoms with van der Waals surface area (Å²) in [5.41, 5.74) is 3.19. The summed E-state index contributed by atoms with van der Waals surface area (Å²) in [5, 5.41) is 5.96. The average Bonchev–Trinajstić information content (AvgIpc) is 2.56. The first-order chi connectivity index (χ1) is 11.2. The molecule has 0 atom stereocenters. The Morgan fingerprint density at radius 3 is 2.43 bits per heavy atom. The second-order valence-corrected chi connectivity index (χ2v) is 5.10. The van der Waals surface area contributed by atoms with E-state index in [2.05, 4.69) is 20.6 Å². The molecule has 1 amide bonds. The SMILES string of the molecule is Cc1cccc(NC(=O)c2cccc(Nc3ncccn3)c2)c1. The van der Waals surface area contributed by atoms with Crippen molar-refractivity contribution in [3.05, 3.63) is 78.1 Å². The first-order valence-electron chi connectivity index (χ1n) is 7.23. The molecular formula is C18H16N4O. The maximum Gasteiger partial charge on any atom is 0.255 e. The Kier molecular flexibility index (Phi) is 4.29. The molecule has 5 heteroatoms. The summed E-state index contributed by atoms with van der Waals surface area (Å²) in [6.07, 6.45) is 3.31. The highest BCUT2D eigenvalue weighted by Crippen LogP contribution is 2.16. The van der Waals surface area contributed by atoms with Gasteiger partial charge in [-0.2, -0.15) is 0 Å². The standard InChI is InChI=1S/C18H16N4O/c1-13-5-2-7-15(11-13)21-17(23)14-6-3-8-16(12-14)22-18-19-9-4-10-20-18/h2-12H,1H3,(H,21,23)(H,19,20,22). The Balaban J connectivity index is 1.75. The van der Waals surface area contributed by atoms with E-state index in [1.54, 1.807) is 30.6 Å². The molecule has 2 N–H and O–H groups in total. The van der Waals surface area contributed by atoms with Crippen molar-refractivity contribution in [2.45, 2.75) is 6.92 Å². The zero-order valence-electron chi connectivity index (χ0n) is 12.7. The van der Waals surface area contributed by atoms with Gasteiger partial charge in [-0.15, -0.1) is 0 Å². The number of hydrogen-bond acceptors (Lipinski definition) is 4. The first kappa shape index (κ1) is 14.7. The minimum absolute atomic E-state index is 0.159. The molecule has 23 heavy (non-hydrogen) atoms. The van der Waals surface area contributed by atoms with Crippen LogP contribution in [0.3, 0.4) is 0 Å². The Morgan fingerprint density at radius 2 is 1.65 bits per heavy atom. The monoisotopic (exact) mass is 304 g/mol. The summed E-state index contributed by atoms with van der Waals surface area (Å²) in [7, 11) is 0. The lowest BCUT2D eigenvalue weighted by molar-refractivity contribution is 0.102. The Hall–Kier alpha value is -3.21. The van der Waals surface area contributed by atoms with Gasteiger partial charge >= 0.3 is 0 Å². The molecule has 0 aliphatic rings. The van der Waals surface area contributed by atoms with Crippen molar-refractivity contribution in [3.63, 3.8) is 0 Å². The lowest BCUT2D eigenvalue weighted by Crippen LogP contribution is -2.12. The summed E-state index contributed by atoms with van der Waals surface area (Å²) in [4.78, 5) is 20.6. The van der Waals surface area contributed by atoms with Crippen LogP contribution in [-0.2, 0) is 0 Å². The smallest absolute Gasteiger partial charge is 0.255 e. The van der Waals surface area contributed by atoms with Crippen molar-refractivity contribution in [2.75, 3.05) is 10.6 Å². The van der Waals surface area contributed by atoms with Gasteiger partial charge < -0.3 is 10.6 Å². The van der Waals surface area contributed by atoms with Crippen LogP contribution < -0.4 is 10.6 Å². The summed E-state index contributed by atoms with van der Waals surface area (Å²) in [6, 6.07) is 16.6. The Bertz CT molecular complexity index is 818. The number of aryl methyl sites for hydroxylation is 1. The Labute approximate surface area is 134 Å². The van der Waals surface area contributed by atoms with Gasteiger partial charge in [0.15, 0.2) is 0 Å². The molecule has 1 heterocycles. The summed E-state index contributed by atoms with van der Waals surface area (Å²) < 4.78 is 0. The molecule has 0 aliphatic heterocycles. The fraction of sp³-hybridized carbons (Fsp3) is 0.0556. The number of amides is 1. The molecule has 0 radical (unpaired) electrons. The van der Waals surface area contributed by atoms with Crippen LogP contribution in [0, 0.1) is 6.92 Å². The normalized spacial score (nSPS) is 10.1. The molecule has 0 unspecified atom stereocenters. The Morgan fingerprint density at radius 1 is 0.913 bits per heavy atom. The molecule has 2 aromatic carbocycles. The van der Waals surface area contributed by atoms with E-state index in [0.29, 0.717) is 11.5 Å². The number of benzene rings is 2. The summed E-state index contributed by atoms with van der Waals surface area (Å²) >= 11 is 0.